The van der Waals surface area contributed by atoms with Crippen LogP contribution < -0.4 is 5.32 Å². The van der Waals surface area contributed by atoms with Crippen molar-refractivity contribution in [2.45, 2.75) is 71.8 Å². The van der Waals surface area contributed by atoms with Crippen molar-refractivity contribution < 1.29 is 4.74 Å². The Morgan fingerprint density at radius 2 is 2.00 bits per heavy atom. The van der Waals surface area contributed by atoms with Crippen LogP contribution in [0.25, 0.3) is 0 Å². The van der Waals surface area contributed by atoms with Gasteiger partial charge >= 0.3 is 0 Å². The first-order valence-electron chi connectivity index (χ1n) is 7.88. The van der Waals surface area contributed by atoms with Gasteiger partial charge in [0.1, 0.15) is 5.54 Å². The van der Waals surface area contributed by atoms with Gasteiger partial charge < -0.3 is 4.74 Å². The van der Waals surface area contributed by atoms with Gasteiger partial charge in [-0.1, -0.05) is 34.1 Å². The Labute approximate surface area is 119 Å². The summed E-state index contributed by atoms with van der Waals surface area (Å²) in [6.45, 7) is 11.2. The summed E-state index contributed by atoms with van der Waals surface area (Å²) < 4.78 is 5.70. The average molecular weight is 268 g/mol. The van der Waals surface area contributed by atoms with Crippen molar-refractivity contribution in [1.29, 1.82) is 5.26 Å². The molecule has 0 heterocycles. The fourth-order valence-corrected chi connectivity index (χ4v) is 2.27. The van der Waals surface area contributed by atoms with E-state index in [1.165, 1.54) is 12.8 Å². The van der Waals surface area contributed by atoms with Gasteiger partial charge in [0.25, 0.3) is 0 Å². The zero-order valence-corrected chi connectivity index (χ0v) is 13.3. The summed E-state index contributed by atoms with van der Waals surface area (Å²) in [4.78, 5) is 0. The minimum atomic E-state index is -0.353. The molecule has 0 spiro atoms. The first kappa shape index (κ1) is 18.4. The largest absolute Gasteiger partial charge is 0.381 e. The summed E-state index contributed by atoms with van der Waals surface area (Å²) in [5, 5.41) is 12.8. The van der Waals surface area contributed by atoms with E-state index in [1.54, 1.807) is 0 Å². The standard InChI is InChI=1S/C16H32N2O/c1-5-9-15(4)13-19-12-8-10-16(7-3,14-17)18-11-6-2/h15,18H,5-13H2,1-4H3. The van der Waals surface area contributed by atoms with Crippen LogP contribution in [-0.2, 0) is 4.74 Å². The predicted molar refractivity (Wildman–Crippen MR) is 81.1 cm³/mol. The van der Waals surface area contributed by atoms with Crippen LogP contribution in [-0.4, -0.2) is 25.3 Å². The van der Waals surface area contributed by atoms with Crippen molar-refractivity contribution >= 4 is 0 Å². The summed E-state index contributed by atoms with van der Waals surface area (Å²) in [6, 6.07) is 2.45. The van der Waals surface area contributed by atoms with Crippen molar-refractivity contribution in [1.82, 2.24) is 5.32 Å². The molecule has 0 saturated heterocycles. The maximum absolute atomic E-state index is 9.36. The summed E-state index contributed by atoms with van der Waals surface area (Å²) in [6.07, 6.45) is 6.21. The second kappa shape index (κ2) is 11.3. The molecule has 2 atom stereocenters. The maximum atomic E-state index is 9.36. The van der Waals surface area contributed by atoms with E-state index in [2.05, 4.69) is 39.1 Å². The molecule has 3 heteroatoms. The van der Waals surface area contributed by atoms with Crippen LogP contribution >= 0.6 is 0 Å². The van der Waals surface area contributed by atoms with Crippen LogP contribution in [0.3, 0.4) is 0 Å². The fourth-order valence-electron chi connectivity index (χ4n) is 2.27. The lowest BCUT2D eigenvalue weighted by Gasteiger charge is -2.26. The first-order chi connectivity index (χ1) is 9.14. The summed E-state index contributed by atoms with van der Waals surface area (Å²) >= 11 is 0. The summed E-state index contributed by atoms with van der Waals surface area (Å²) in [5.74, 6) is 0.648. The molecule has 0 aromatic carbocycles. The van der Waals surface area contributed by atoms with E-state index in [9.17, 15) is 5.26 Å². The van der Waals surface area contributed by atoms with Gasteiger partial charge in [0, 0.05) is 13.2 Å². The maximum Gasteiger partial charge on any atom is 0.106 e. The molecule has 112 valence electrons. The zero-order chi connectivity index (χ0) is 14.6. The van der Waals surface area contributed by atoms with Crippen molar-refractivity contribution in [3.63, 3.8) is 0 Å². The third-order valence-corrected chi connectivity index (χ3v) is 3.61. The van der Waals surface area contributed by atoms with Crippen molar-refractivity contribution in [3.05, 3.63) is 0 Å². The molecule has 0 aliphatic rings. The van der Waals surface area contributed by atoms with Crippen LogP contribution in [0.4, 0.5) is 0 Å². The van der Waals surface area contributed by atoms with Crippen molar-refractivity contribution in [2.24, 2.45) is 5.92 Å². The van der Waals surface area contributed by atoms with E-state index >= 15 is 0 Å². The Balaban J connectivity index is 3.85. The van der Waals surface area contributed by atoms with Gasteiger partial charge in [-0.15, -0.1) is 0 Å². The summed E-state index contributed by atoms with van der Waals surface area (Å²) in [7, 11) is 0. The predicted octanol–water partition coefficient (Wildman–Crippen LogP) is 3.89. The van der Waals surface area contributed by atoms with Crippen LogP contribution in [0.1, 0.15) is 66.2 Å². The average Bonchev–Trinajstić information content (AvgIpc) is 2.42. The third kappa shape index (κ3) is 8.23. The lowest BCUT2D eigenvalue weighted by Crippen LogP contribution is -2.44. The Morgan fingerprint density at radius 3 is 2.53 bits per heavy atom. The number of ether oxygens (including phenoxy) is 1. The number of nitriles is 1. The van der Waals surface area contributed by atoms with E-state index in [0.717, 1.165) is 45.4 Å². The van der Waals surface area contributed by atoms with Crippen LogP contribution in [0.2, 0.25) is 0 Å². The summed E-state index contributed by atoms with van der Waals surface area (Å²) in [5.41, 5.74) is -0.353. The van der Waals surface area contributed by atoms with Crippen molar-refractivity contribution in [2.75, 3.05) is 19.8 Å². The quantitative estimate of drug-likeness (QED) is 0.546. The van der Waals surface area contributed by atoms with Crippen LogP contribution in [0.15, 0.2) is 0 Å². The Bertz CT molecular complexity index is 250. The first-order valence-corrected chi connectivity index (χ1v) is 7.88. The van der Waals surface area contributed by atoms with Crippen LogP contribution in [0.5, 0.6) is 0 Å². The van der Waals surface area contributed by atoms with E-state index in [1.807, 2.05) is 0 Å². The normalized spacial score (nSPS) is 15.7. The molecule has 0 aliphatic carbocycles. The number of nitrogens with zero attached hydrogens (tertiary/aromatic N) is 1. The Morgan fingerprint density at radius 1 is 1.26 bits per heavy atom. The highest BCUT2D eigenvalue weighted by molar-refractivity contribution is 5.06. The SMILES string of the molecule is CCCNC(C#N)(CC)CCCOCC(C)CCC. The molecular formula is C16H32N2O. The monoisotopic (exact) mass is 268 g/mol. The molecule has 0 saturated carbocycles. The molecule has 0 aromatic rings. The number of hydrogen-bond donors (Lipinski definition) is 1. The number of nitrogens with one attached hydrogen (secondary N) is 1. The minimum absolute atomic E-state index is 0.353. The fraction of sp³-hybridized carbons (Fsp3) is 0.938. The van der Waals surface area contributed by atoms with E-state index < -0.39 is 0 Å². The minimum Gasteiger partial charge on any atom is -0.381 e. The lowest BCUT2D eigenvalue weighted by molar-refractivity contribution is 0.0948. The molecular weight excluding hydrogens is 236 g/mol. The highest BCUT2D eigenvalue weighted by Gasteiger charge is 2.26. The van der Waals surface area contributed by atoms with Gasteiger partial charge in [0.15, 0.2) is 0 Å². The van der Waals surface area contributed by atoms with E-state index in [-0.39, 0.29) is 5.54 Å². The van der Waals surface area contributed by atoms with Crippen molar-refractivity contribution in [3.8, 4) is 6.07 Å². The molecule has 0 rings (SSSR count). The van der Waals surface area contributed by atoms with Gasteiger partial charge in [-0.2, -0.15) is 5.26 Å². The van der Waals surface area contributed by atoms with E-state index in [4.69, 9.17) is 4.74 Å². The van der Waals surface area contributed by atoms with Gasteiger partial charge in [0.2, 0.25) is 0 Å². The molecule has 0 radical (unpaired) electrons. The highest BCUT2D eigenvalue weighted by Crippen LogP contribution is 2.17. The Hall–Kier alpha value is -0.590. The van der Waals surface area contributed by atoms with Gasteiger partial charge in [0.05, 0.1) is 6.07 Å². The molecule has 2 unspecified atom stereocenters. The molecule has 3 nitrogen and oxygen atoms in total. The molecule has 0 aliphatic heterocycles. The van der Waals surface area contributed by atoms with Gasteiger partial charge in [-0.25, -0.2) is 0 Å². The number of rotatable bonds is 12. The second-order valence-corrected chi connectivity index (χ2v) is 5.55. The van der Waals surface area contributed by atoms with Crippen LogP contribution in [0, 0.1) is 17.2 Å². The van der Waals surface area contributed by atoms with Gasteiger partial charge in [-0.05, 0) is 44.6 Å². The molecule has 0 bridgehead atoms. The van der Waals surface area contributed by atoms with Gasteiger partial charge in [-0.3, -0.25) is 5.32 Å². The number of hydrogen-bond acceptors (Lipinski definition) is 3. The molecule has 0 amide bonds. The zero-order valence-electron chi connectivity index (χ0n) is 13.3. The molecule has 1 N–H and O–H groups in total. The second-order valence-electron chi connectivity index (χ2n) is 5.55. The smallest absolute Gasteiger partial charge is 0.106 e. The highest BCUT2D eigenvalue weighted by atomic mass is 16.5. The molecule has 19 heavy (non-hydrogen) atoms. The lowest BCUT2D eigenvalue weighted by atomic mass is 9.92. The topological polar surface area (TPSA) is 45.0 Å². The third-order valence-electron chi connectivity index (χ3n) is 3.61. The molecule has 0 aromatic heterocycles. The van der Waals surface area contributed by atoms with E-state index in [0.29, 0.717) is 5.92 Å². The Kier molecular flexibility index (Phi) is 10.9. The molecule has 0 fully saturated rings.